The molecule has 2 rings (SSSR count). The van der Waals surface area contributed by atoms with Crippen LogP contribution in [0.15, 0.2) is 18.2 Å². The highest BCUT2D eigenvalue weighted by molar-refractivity contribution is 5.42. The number of hydrogen-bond acceptors (Lipinski definition) is 2. The fourth-order valence-corrected chi connectivity index (χ4v) is 3.14. The number of aromatic hydroxyl groups is 1. The van der Waals surface area contributed by atoms with Crippen molar-refractivity contribution >= 4 is 0 Å². The fraction of sp³-hybridized carbons (Fsp3) is 0.625. The molecule has 1 N–H and O–H groups in total. The Hall–Kier alpha value is -1.18. The zero-order valence-electron chi connectivity index (χ0n) is 11.5. The first kappa shape index (κ1) is 13.3. The minimum absolute atomic E-state index is 0.237. The molecule has 2 heteroatoms. The van der Waals surface area contributed by atoms with E-state index in [2.05, 4.69) is 6.92 Å². The van der Waals surface area contributed by atoms with Crippen molar-refractivity contribution < 1.29 is 9.84 Å². The van der Waals surface area contributed by atoms with Gasteiger partial charge in [-0.05, 0) is 55.2 Å². The second kappa shape index (κ2) is 6.12. The Labute approximate surface area is 110 Å². The summed E-state index contributed by atoms with van der Waals surface area (Å²) in [4.78, 5) is 0. The van der Waals surface area contributed by atoms with E-state index in [1.54, 1.807) is 13.2 Å². The van der Waals surface area contributed by atoms with Crippen LogP contribution < -0.4 is 4.74 Å². The van der Waals surface area contributed by atoms with Gasteiger partial charge in [0.1, 0.15) is 0 Å². The molecule has 1 aromatic rings. The molecule has 100 valence electrons. The largest absolute Gasteiger partial charge is 0.504 e. The van der Waals surface area contributed by atoms with Crippen molar-refractivity contribution in [3.63, 3.8) is 0 Å². The lowest BCUT2D eigenvalue weighted by atomic mass is 9.77. The first-order chi connectivity index (χ1) is 8.74. The molecule has 0 atom stereocenters. The van der Waals surface area contributed by atoms with Crippen LogP contribution in [0.3, 0.4) is 0 Å². The number of hydrogen-bond donors (Lipinski definition) is 1. The van der Waals surface area contributed by atoms with Gasteiger partial charge in [0.25, 0.3) is 0 Å². The minimum Gasteiger partial charge on any atom is -0.504 e. The summed E-state index contributed by atoms with van der Waals surface area (Å²) in [7, 11) is 1.61. The maximum Gasteiger partial charge on any atom is 0.160 e. The molecule has 18 heavy (non-hydrogen) atoms. The van der Waals surface area contributed by atoms with Crippen LogP contribution >= 0.6 is 0 Å². The monoisotopic (exact) mass is 248 g/mol. The average molecular weight is 248 g/mol. The predicted molar refractivity (Wildman–Crippen MR) is 74.3 cm³/mol. The number of ether oxygens (including phenoxy) is 1. The molecule has 0 spiro atoms. The van der Waals surface area contributed by atoms with E-state index in [1.165, 1.54) is 44.1 Å². The second-order valence-electron chi connectivity index (χ2n) is 5.44. The summed E-state index contributed by atoms with van der Waals surface area (Å²) in [6, 6.07) is 5.80. The minimum atomic E-state index is 0.237. The molecule has 0 aromatic heterocycles. The maximum atomic E-state index is 9.62. The molecule has 2 nitrogen and oxygen atoms in total. The SMILES string of the molecule is CCCC1CCC(c2ccc(O)c(OC)c2)CC1. The molecule has 0 saturated heterocycles. The Morgan fingerprint density at radius 3 is 2.56 bits per heavy atom. The first-order valence-corrected chi connectivity index (χ1v) is 7.11. The molecule has 0 heterocycles. The normalized spacial score (nSPS) is 23.9. The Bertz CT molecular complexity index is 379. The number of phenols is 1. The highest BCUT2D eigenvalue weighted by Gasteiger charge is 2.22. The van der Waals surface area contributed by atoms with Crippen molar-refractivity contribution in [2.45, 2.75) is 51.4 Å². The quantitative estimate of drug-likeness (QED) is 0.851. The second-order valence-corrected chi connectivity index (χ2v) is 5.44. The number of methoxy groups -OCH3 is 1. The Balaban J connectivity index is 2.01. The third-order valence-electron chi connectivity index (χ3n) is 4.22. The molecule has 0 radical (unpaired) electrons. The zero-order valence-corrected chi connectivity index (χ0v) is 11.5. The van der Waals surface area contributed by atoms with E-state index in [1.807, 2.05) is 12.1 Å². The molecule has 1 saturated carbocycles. The van der Waals surface area contributed by atoms with Gasteiger partial charge in [0, 0.05) is 0 Å². The molecule has 1 fully saturated rings. The Morgan fingerprint density at radius 2 is 1.94 bits per heavy atom. The lowest BCUT2D eigenvalue weighted by Gasteiger charge is -2.28. The molecule has 1 aliphatic rings. The van der Waals surface area contributed by atoms with E-state index in [0.29, 0.717) is 11.7 Å². The van der Waals surface area contributed by atoms with Gasteiger partial charge in [-0.2, -0.15) is 0 Å². The van der Waals surface area contributed by atoms with Gasteiger partial charge in [0.05, 0.1) is 7.11 Å². The number of rotatable bonds is 4. The molecular weight excluding hydrogens is 224 g/mol. The van der Waals surface area contributed by atoms with Gasteiger partial charge in [-0.25, -0.2) is 0 Å². The Kier molecular flexibility index (Phi) is 4.51. The van der Waals surface area contributed by atoms with Crippen molar-refractivity contribution in [2.24, 2.45) is 5.92 Å². The van der Waals surface area contributed by atoms with E-state index in [0.717, 1.165) is 5.92 Å². The van der Waals surface area contributed by atoms with E-state index < -0.39 is 0 Å². The van der Waals surface area contributed by atoms with Crippen molar-refractivity contribution in [2.75, 3.05) is 7.11 Å². The summed E-state index contributed by atoms with van der Waals surface area (Å²) in [5.41, 5.74) is 1.32. The van der Waals surface area contributed by atoms with Crippen LogP contribution in [0.25, 0.3) is 0 Å². The van der Waals surface area contributed by atoms with Gasteiger partial charge in [0.2, 0.25) is 0 Å². The lowest BCUT2D eigenvalue weighted by molar-refractivity contribution is 0.307. The highest BCUT2D eigenvalue weighted by Crippen LogP contribution is 2.39. The van der Waals surface area contributed by atoms with Crippen molar-refractivity contribution in [1.29, 1.82) is 0 Å². The molecular formula is C16H24O2. The van der Waals surface area contributed by atoms with Crippen LogP contribution in [-0.2, 0) is 0 Å². The first-order valence-electron chi connectivity index (χ1n) is 7.11. The van der Waals surface area contributed by atoms with Crippen molar-refractivity contribution in [1.82, 2.24) is 0 Å². The smallest absolute Gasteiger partial charge is 0.160 e. The van der Waals surface area contributed by atoms with Crippen LogP contribution in [0, 0.1) is 5.92 Å². The molecule has 0 amide bonds. The van der Waals surface area contributed by atoms with Gasteiger partial charge in [0.15, 0.2) is 11.5 Å². The summed E-state index contributed by atoms with van der Waals surface area (Å²) >= 11 is 0. The topological polar surface area (TPSA) is 29.5 Å². The predicted octanol–water partition coefficient (Wildman–Crippen LogP) is 4.47. The maximum absolute atomic E-state index is 9.62. The van der Waals surface area contributed by atoms with Crippen LogP contribution in [0.4, 0.5) is 0 Å². The highest BCUT2D eigenvalue weighted by atomic mass is 16.5. The van der Waals surface area contributed by atoms with Crippen LogP contribution in [-0.4, -0.2) is 12.2 Å². The summed E-state index contributed by atoms with van der Waals surface area (Å²) in [5, 5.41) is 9.62. The summed E-state index contributed by atoms with van der Waals surface area (Å²) in [5.74, 6) is 2.42. The summed E-state index contributed by atoms with van der Waals surface area (Å²) in [6.07, 6.45) is 7.94. The number of benzene rings is 1. The van der Waals surface area contributed by atoms with Crippen molar-refractivity contribution in [3.05, 3.63) is 23.8 Å². The average Bonchev–Trinajstić information content (AvgIpc) is 2.41. The molecule has 0 unspecified atom stereocenters. The zero-order chi connectivity index (χ0) is 13.0. The van der Waals surface area contributed by atoms with E-state index in [9.17, 15) is 5.11 Å². The van der Waals surface area contributed by atoms with Gasteiger partial charge in [-0.3, -0.25) is 0 Å². The van der Waals surface area contributed by atoms with E-state index in [4.69, 9.17) is 4.74 Å². The number of phenolic OH excluding ortho intramolecular Hbond substituents is 1. The van der Waals surface area contributed by atoms with Gasteiger partial charge >= 0.3 is 0 Å². The van der Waals surface area contributed by atoms with Gasteiger partial charge in [-0.1, -0.05) is 25.8 Å². The summed E-state index contributed by atoms with van der Waals surface area (Å²) in [6.45, 7) is 2.27. The Morgan fingerprint density at radius 1 is 1.22 bits per heavy atom. The van der Waals surface area contributed by atoms with Crippen LogP contribution in [0.2, 0.25) is 0 Å². The standard InChI is InChI=1S/C16H24O2/c1-3-4-12-5-7-13(8-6-12)14-9-10-15(17)16(11-14)18-2/h9-13,17H,3-8H2,1-2H3. The van der Waals surface area contributed by atoms with Gasteiger partial charge in [-0.15, -0.1) is 0 Å². The lowest BCUT2D eigenvalue weighted by Crippen LogP contribution is -2.13. The molecule has 1 aromatic carbocycles. The van der Waals surface area contributed by atoms with Crippen LogP contribution in [0.5, 0.6) is 11.5 Å². The summed E-state index contributed by atoms with van der Waals surface area (Å²) < 4.78 is 5.19. The van der Waals surface area contributed by atoms with E-state index in [-0.39, 0.29) is 5.75 Å². The third-order valence-corrected chi connectivity index (χ3v) is 4.22. The van der Waals surface area contributed by atoms with E-state index >= 15 is 0 Å². The fourth-order valence-electron chi connectivity index (χ4n) is 3.14. The molecule has 0 aliphatic heterocycles. The van der Waals surface area contributed by atoms with Gasteiger partial charge < -0.3 is 9.84 Å². The van der Waals surface area contributed by atoms with Crippen molar-refractivity contribution in [3.8, 4) is 11.5 Å². The molecule has 0 bridgehead atoms. The third kappa shape index (κ3) is 2.98. The molecule has 1 aliphatic carbocycles. The van der Waals surface area contributed by atoms with Crippen LogP contribution in [0.1, 0.15) is 56.9 Å².